The Labute approximate surface area is 161 Å². The predicted molar refractivity (Wildman–Crippen MR) is 102 cm³/mol. The Morgan fingerprint density at radius 3 is 2.18 bits per heavy atom. The number of hydrogen-bond donors (Lipinski definition) is 0. The normalized spacial score (nSPS) is 14.2. The fraction of sp³-hybridized carbons (Fsp3) is 0.238. The number of alkyl halides is 3. The summed E-state index contributed by atoms with van der Waals surface area (Å²) in [5.74, 6) is 0. The molecule has 1 aliphatic heterocycles. The third-order valence-corrected chi connectivity index (χ3v) is 4.64. The van der Waals surface area contributed by atoms with Gasteiger partial charge in [0.15, 0.2) is 0 Å². The Kier molecular flexibility index (Phi) is 5.56. The van der Waals surface area contributed by atoms with Gasteiger partial charge in [-0.1, -0.05) is 24.3 Å². The van der Waals surface area contributed by atoms with Crippen molar-refractivity contribution in [2.24, 2.45) is 0 Å². The van der Waals surface area contributed by atoms with Crippen molar-refractivity contribution in [3.05, 3.63) is 65.2 Å². The lowest BCUT2D eigenvalue weighted by molar-refractivity contribution is -0.137. The molecule has 3 rings (SSSR count). The van der Waals surface area contributed by atoms with E-state index in [2.05, 4.69) is 4.90 Å². The van der Waals surface area contributed by atoms with Gasteiger partial charge < -0.3 is 9.80 Å². The number of hydrogen-bond acceptors (Lipinski definition) is 4. The zero-order chi connectivity index (χ0) is 20.1. The van der Waals surface area contributed by atoms with E-state index >= 15 is 0 Å². The molecule has 0 radical (unpaired) electrons. The molecule has 0 aromatic heterocycles. The van der Waals surface area contributed by atoms with E-state index in [1.54, 1.807) is 12.1 Å². The van der Waals surface area contributed by atoms with Crippen molar-refractivity contribution in [2.75, 3.05) is 36.0 Å². The number of para-hydroxylation sites is 1. The smallest absolute Gasteiger partial charge is 0.368 e. The van der Waals surface area contributed by atoms with Crippen LogP contribution in [0.2, 0.25) is 0 Å². The average molecular weight is 382 g/mol. The molecule has 2 aromatic rings. The molecule has 2 aromatic carbocycles. The largest absolute Gasteiger partial charge is 0.416 e. The van der Waals surface area contributed by atoms with Gasteiger partial charge in [0.25, 0.3) is 0 Å². The van der Waals surface area contributed by atoms with Gasteiger partial charge in [-0.25, -0.2) is 0 Å². The Morgan fingerprint density at radius 1 is 0.893 bits per heavy atom. The van der Waals surface area contributed by atoms with E-state index in [1.807, 2.05) is 41.3 Å². The van der Waals surface area contributed by atoms with Crippen molar-refractivity contribution in [2.45, 2.75) is 6.18 Å². The minimum absolute atomic E-state index is 0.0232. The highest BCUT2D eigenvalue weighted by Gasteiger charge is 2.31. The van der Waals surface area contributed by atoms with Crippen LogP contribution in [0.1, 0.15) is 11.1 Å². The lowest BCUT2D eigenvalue weighted by Gasteiger charge is -2.38. The quantitative estimate of drug-likeness (QED) is 0.736. The first-order chi connectivity index (χ1) is 13.4. The number of rotatable bonds is 3. The van der Waals surface area contributed by atoms with Gasteiger partial charge in [-0.05, 0) is 35.9 Å². The lowest BCUT2D eigenvalue weighted by atomic mass is 10.1. The van der Waals surface area contributed by atoms with Crippen LogP contribution in [-0.2, 0) is 6.18 Å². The van der Waals surface area contributed by atoms with Crippen molar-refractivity contribution in [1.29, 1.82) is 10.5 Å². The number of nitriles is 2. The summed E-state index contributed by atoms with van der Waals surface area (Å²) in [4.78, 5) is 4.04. The van der Waals surface area contributed by atoms with E-state index in [0.29, 0.717) is 31.9 Å². The molecule has 0 amide bonds. The molecule has 0 N–H and O–H groups in total. The molecule has 1 aliphatic rings. The van der Waals surface area contributed by atoms with Crippen LogP contribution in [0.15, 0.2) is 54.1 Å². The molecule has 0 atom stereocenters. The second-order valence-corrected chi connectivity index (χ2v) is 6.36. The van der Waals surface area contributed by atoms with Crippen molar-refractivity contribution in [3.8, 4) is 12.1 Å². The zero-order valence-electron chi connectivity index (χ0n) is 14.9. The molecule has 7 heteroatoms. The Morgan fingerprint density at radius 2 is 1.54 bits per heavy atom. The van der Waals surface area contributed by atoms with E-state index < -0.39 is 11.7 Å². The summed E-state index contributed by atoms with van der Waals surface area (Å²) in [6, 6.07) is 16.5. The van der Waals surface area contributed by atoms with Gasteiger partial charge in [-0.15, -0.1) is 0 Å². The number of piperazine rings is 1. The van der Waals surface area contributed by atoms with Crippen LogP contribution < -0.4 is 9.80 Å². The second-order valence-electron chi connectivity index (χ2n) is 6.36. The monoisotopic (exact) mass is 382 g/mol. The van der Waals surface area contributed by atoms with Crippen LogP contribution >= 0.6 is 0 Å². The molecule has 4 nitrogen and oxygen atoms in total. The van der Waals surface area contributed by atoms with Gasteiger partial charge in [-0.3, -0.25) is 0 Å². The maximum atomic E-state index is 12.9. The molecule has 1 heterocycles. The molecule has 28 heavy (non-hydrogen) atoms. The van der Waals surface area contributed by atoms with E-state index in [0.717, 1.165) is 17.3 Å². The number of nitrogens with zero attached hydrogens (tertiary/aromatic N) is 4. The first-order valence-electron chi connectivity index (χ1n) is 8.70. The molecule has 1 fully saturated rings. The van der Waals surface area contributed by atoms with Crippen LogP contribution in [0.4, 0.5) is 24.5 Å². The number of benzene rings is 2. The summed E-state index contributed by atoms with van der Waals surface area (Å²) in [6.07, 6.45) is -2.81. The van der Waals surface area contributed by atoms with E-state index in [9.17, 15) is 13.2 Å². The number of allylic oxidation sites excluding steroid dienone is 1. The van der Waals surface area contributed by atoms with Crippen LogP contribution in [-0.4, -0.2) is 26.2 Å². The van der Waals surface area contributed by atoms with Crippen LogP contribution in [0, 0.1) is 22.7 Å². The van der Waals surface area contributed by atoms with Crippen molar-refractivity contribution >= 4 is 17.5 Å². The molecular weight excluding hydrogens is 365 g/mol. The maximum Gasteiger partial charge on any atom is 0.416 e. The molecule has 1 saturated heterocycles. The molecular formula is C21H17F3N4. The summed E-state index contributed by atoms with van der Waals surface area (Å²) in [7, 11) is 0. The van der Waals surface area contributed by atoms with Crippen LogP contribution in [0.3, 0.4) is 0 Å². The van der Waals surface area contributed by atoms with Crippen molar-refractivity contribution in [1.82, 2.24) is 0 Å². The first-order valence-corrected chi connectivity index (χ1v) is 8.70. The third kappa shape index (κ3) is 4.27. The van der Waals surface area contributed by atoms with E-state index in [1.165, 1.54) is 12.1 Å². The molecule has 0 aliphatic carbocycles. The lowest BCUT2D eigenvalue weighted by Crippen LogP contribution is -2.46. The topological polar surface area (TPSA) is 54.1 Å². The van der Waals surface area contributed by atoms with Gasteiger partial charge in [0.1, 0.15) is 17.7 Å². The minimum atomic E-state index is -4.36. The average Bonchev–Trinajstić information content (AvgIpc) is 2.72. The molecule has 0 bridgehead atoms. The zero-order valence-corrected chi connectivity index (χ0v) is 14.9. The number of anilines is 2. The SMILES string of the molecule is N#CC(C#N)=Cc1ccccc1N1CCN(c2cccc(C(F)(F)F)c2)CC1. The predicted octanol–water partition coefficient (Wildman–Crippen LogP) is 4.46. The van der Waals surface area contributed by atoms with Gasteiger partial charge in [0, 0.05) is 37.6 Å². The highest BCUT2D eigenvalue weighted by Crippen LogP contribution is 2.32. The molecule has 0 spiro atoms. The molecule has 0 saturated carbocycles. The summed E-state index contributed by atoms with van der Waals surface area (Å²) in [5.41, 5.74) is 1.60. The van der Waals surface area contributed by atoms with E-state index in [4.69, 9.17) is 10.5 Å². The summed E-state index contributed by atoms with van der Waals surface area (Å²) in [6.45, 7) is 2.39. The Hall–Kier alpha value is -3.45. The van der Waals surface area contributed by atoms with Crippen molar-refractivity contribution < 1.29 is 13.2 Å². The van der Waals surface area contributed by atoms with Crippen molar-refractivity contribution in [3.63, 3.8) is 0 Å². The van der Waals surface area contributed by atoms with Gasteiger partial charge >= 0.3 is 6.18 Å². The second kappa shape index (κ2) is 8.06. The van der Waals surface area contributed by atoms with Gasteiger partial charge in [0.2, 0.25) is 0 Å². The fourth-order valence-corrected chi connectivity index (χ4v) is 3.23. The molecule has 142 valence electrons. The maximum absolute atomic E-state index is 12.9. The van der Waals surface area contributed by atoms with Crippen LogP contribution in [0.25, 0.3) is 6.08 Å². The minimum Gasteiger partial charge on any atom is -0.368 e. The Balaban J connectivity index is 1.76. The highest BCUT2D eigenvalue weighted by molar-refractivity contribution is 5.73. The standard InChI is InChI=1S/C21H17F3N4/c22-21(23,24)18-5-3-6-19(13-18)27-8-10-28(11-9-27)20-7-2-1-4-17(20)12-16(14-25)15-26/h1-7,12-13H,8-11H2. The summed E-state index contributed by atoms with van der Waals surface area (Å²) in [5, 5.41) is 18.0. The third-order valence-electron chi connectivity index (χ3n) is 4.64. The van der Waals surface area contributed by atoms with Gasteiger partial charge in [-0.2, -0.15) is 23.7 Å². The van der Waals surface area contributed by atoms with Crippen LogP contribution in [0.5, 0.6) is 0 Å². The number of halogens is 3. The Bertz CT molecular complexity index is 943. The van der Waals surface area contributed by atoms with E-state index in [-0.39, 0.29) is 5.57 Å². The summed E-state index contributed by atoms with van der Waals surface area (Å²) >= 11 is 0. The fourth-order valence-electron chi connectivity index (χ4n) is 3.23. The molecule has 0 unspecified atom stereocenters. The first kappa shape index (κ1) is 19.3. The summed E-state index contributed by atoms with van der Waals surface area (Å²) < 4.78 is 38.8. The van der Waals surface area contributed by atoms with Gasteiger partial charge in [0.05, 0.1) is 5.56 Å². The highest BCUT2D eigenvalue weighted by atomic mass is 19.4.